The predicted octanol–water partition coefficient (Wildman–Crippen LogP) is -3.06. The number of allylic oxidation sites excluding steroid dienone is 2. The summed E-state index contributed by atoms with van der Waals surface area (Å²) in [6.45, 7) is 9.78. The van der Waals surface area contributed by atoms with Gasteiger partial charge < -0.3 is 114 Å². The summed E-state index contributed by atoms with van der Waals surface area (Å²) in [5.41, 5.74) is -2.09. The molecule has 29 atom stereocenters. The van der Waals surface area contributed by atoms with Crippen molar-refractivity contribution in [3.8, 4) is 0 Å². The smallest absolute Gasteiger partial charge is 0.315 e. The van der Waals surface area contributed by atoms with E-state index in [1.165, 1.54) is 5.57 Å². The van der Waals surface area contributed by atoms with Gasteiger partial charge in [0, 0.05) is 5.41 Å². The first-order chi connectivity index (χ1) is 36.6. The van der Waals surface area contributed by atoms with Crippen LogP contribution in [0.4, 0.5) is 0 Å². The largest absolute Gasteiger partial charge is 0.432 e. The lowest BCUT2D eigenvalue weighted by molar-refractivity contribution is -0.400. The van der Waals surface area contributed by atoms with Crippen molar-refractivity contribution in [3.05, 3.63) is 11.6 Å². The highest BCUT2D eigenvalue weighted by Gasteiger charge is 2.71. The zero-order valence-corrected chi connectivity index (χ0v) is 45.4. The molecule has 4 aliphatic heterocycles. The third-order valence-corrected chi connectivity index (χ3v) is 21.6. The molecule has 0 unspecified atom stereocenters. The number of carbonyl (C=O) groups excluding carboxylic acids is 1. The third kappa shape index (κ3) is 9.76. The molecule has 24 nitrogen and oxygen atoms in total. The van der Waals surface area contributed by atoms with Crippen LogP contribution in [0.5, 0.6) is 0 Å². The minimum atomic E-state index is -1.97. The van der Waals surface area contributed by atoms with Crippen molar-refractivity contribution >= 4 is 5.97 Å². The first-order valence-electron chi connectivity index (χ1n) is 28.0. The summed E-state index contributed by atoms with van der Waals surface area (Å²) in [5, 5.41) is 161. The molecule has 0 spiro atoms. The summed E-state index contributed by atoms with van der Waals surface area (Å²) >= 11 is 0. The SMILES string of the molecule is CC1(C)CC[C@@]2(C(=O)O[C@H]3O[C@@H](CO)[C@@H](O)[C@H](O)[C@H]3O)CC[C@]3(C)C(=CC[C@@H]4[C@@]5(C)CC[C@@H](O[C@@H]6O[C@H](CO)[C@H](O)[C@H](O[C@@H]7O[C@@H](CO)[C@H](O)[C@@H](O)[C@@H]7O)[C@@H]6O[C@@H]6O[C@@H](CO)[C@@H](O)[C@@H](O)[C@@H]6O)[C@](C)(CO)[C@@H]5CC[C@]43C)[C@H]2C1. The Bertz CT molecular complexity index is 2130. The zero-order chi connectivity index (χ0) is 57.0. The van der Waals surface area contributed by atoms with E-state index in [0.29, 0.717) is 51.4 Å². The van der Waals surface area contributed by atoms with Gasteiger partial charge in [0.05, 0.1) is 44.6 Å². The molecule has 9 rings (SSSR count). The van der Waals surface area contributed by atoms with E-state index in [9.17, 15) is 81.4 Å². The van der Waals surface area contributed by atoms with Crippen LogP contribution < -0.4 is 0 Å². The molecule has 0 aromatic rings. The van der Waals surface area contributed by atoms with Crippen molar-refractivity contribution < 1.29 is 119 Å². The molecule has 78 heavy (non-hydrogen) atoms. The fourth-order valence-corrected chi connectivity index (χ4v) is 16.5. The van der Waals surface area contributed by atoms with Crippen LogP contribution in [-0.2, 0) is 42.7 Å². The molecule has 8 fully saturated rings. The Hall–Kier alpha value is -1.67. The monoisotopic (exact) mass is 1120 g/mol. The summed E-state index contributed by atoms with van der Waals surface area (Å²) in [5.74, 6) is -0.919. The number of aliphatic hydroxyl groups is 15. The summed E-state index contributed by atoms with van der Waals surface area (Å²) in [4.78, 5) is 14.8. The zero-order valence-electron chi connectivity index (χ0n) is 45.4. The lowest BCUT2D eigenvalue weighted by Crippen LogP contribution is -2.69. The van der Waals surface area contributed by atoms with Crippen molar-refractivity contribution in [2.75, 3.05) is 33.0 Å². The van der Waals surface area contributed by atoms with Gasteiger partial charge in [-0.1, -0.05) is 53.2 Å². The molecule has 5 aliphatic carbocycles. The summed E-state index contributed by atoms with van der Waals surface area (Å²) in [7, 11) is 0. The number of aliphatic hydroxyl groups excluding tert-OH is 15. The van der Waals surface area contributed by atoms with Gasteiger partial charge in [-0.15, -0.1) is 0 Å². The molecule has 0 amide bonds. The van der Waals surface area contributed by atoms with E-state index >= 15 is 0 Å². The van der Waals surface area contributed by atoms with Gasteiger partial charge in [0.2, 0.25) is 6.29 Å². The summed E-state index contributed by atoms with van der Waals surface area (Å²) in [6, 6.07) is 0. The van der Waals surface area contributed by atoms with Crippen molar-refractivity contribution in [2.24, 2.45) is 50.2 Å². The van der Waals surface area contributed by atoms with E-state index in [-0.39, 0.29) is 35.2 Å². The van der Waals surface area contributed by atoms with Crippen molar-refractivity contribution in [3.63, 3.8) is 0 Å². The highest BCUT2D eigenvalue weighted by atomic mass is 16.8. The van der Waals surface area contributed by atoms with Crippen LogP contribution >= 0.6 is 0 Å². The first kappa shape index (κ1) is 60.9. The average Bonchev–Trinajstić information content (AvgIpc) is 3.41. The number of hydrogen-bond donors (Lipinski definition) is 15. The standard InChI is InChI=1S/C54H88O24/c1-49(2)13-15-54(48(70)78-46-41(69)38(66)34(62)27(20-57)73-46)16-14-52(5)23(24(54)17-49)7-8-30-50(3)11-10-31(51(4,22-59)29(50)9-12-53(30,52)6)75-47-43(77-45-40(68)37(65)33(61)26(19-56)72-45)42(35(63)28(21-58)74-47)76-44-39(67)36(64)32(60)25(18-55)71-44/h7,24-47,55-69H,8-22H2,1-6H3/t24-,25+,26+,27+,28-,29-,30-,31-,32+,33-,34-,35+,36-,37-,38+,39+,40+,41-,42+,43+,44+,45+,46-,47+,50+,51-,52-,53-,54-/m1/s1. The van der Waals surface area contributed by atoms with E-state index in [0.717, 1.165) is 12.8 Å². The van der Waals surface area contributed by atoms with Crippen LogP contribution in [0.3, 0.4) is 0 Å². The molecular formula is C54H88O24. The minimum absolute atomic E-state index is 0.0629. The lowest BCUT2D eigenvalue weighted by atomic mass is 9.33. The molecule has 0 aromatic carbocycles. The van der Waals surface area contributed by atoms with Crippen LogP contribution in [0.2, 0.25) is 0 Å². The van der Waals surface area contributed by atoms with Crippen LogP contribution in [0.15, 0.2) is 11.6 Å². The Labute approximate surface area is 453 Å². The Morgan fingerprint density at radius 3 is 1.55 bits per heavy atom. The number of rotatable bonds is 13. The predicted molar refractivity (Wildman–Crippen MR) is 264 cm³/mol. The van der Waals surface area contributed by atoms with E-state index in [2.05, 4.69) is 40.7 Å². The molecular weight excluding hydrogens is 1030 g/mol. The van der Waals surface area contributed by atoms with E-state index in [1.54, 1.807) is 0 Å². The van der Waals surface area contributed by atoms with Gasteiger partial charge in [0.25, 0.3) is 0 Å². The van der Waals surface area contributed by atoms with Gasteiger partial charge in [-0.25, -0.2) is 0 Å². The Morgan fingerprint density at radius 1 is 0.526 bits per heavy atom. The van der Waals surface area contributed by atoms with Gasteiger partial charge in [0.15, 0.2) is 18.9 Å². The Morgan fingerprint density at radius 2 is 1.01 bits per heavy atom. The van der Waals surface area contributed by atoms with Gasteiger partial charge in [-0.3, -0.25) is 4.79 Å². The highest BCUT2D eigenvalue weighted by molar-refractivity contribution is 5.79. The second-order valence-electron chi connectivity index (χ2n) is 26.1. The van der Waals surface area contributed by atoms with E-state index in [1.807, 2.05) is 6.92 Å². The van der Waals surface area contributed by atoms with Crippen molar-refractivity contribution in [1.82, 2.24) is 0 Å². The van der Waals surface area contributed by atoms with Crippen LogP contribution in [-0.4, -0.2) is 245 Å². The molecule has 448 valence electrons. The van der Waals surface area contributed by atoms with E-state index < -0.39 is 183 Å². The molecule has 4 saturated heterocycles. The van der Waals surface area contributed by atoms with Gasteiger partial charge >= 0.3 is 5.97 Å². The molecule has 24 heteroatoms. The maximum atomic E-state index is 14.8. The number of ether oxygens (including phenoxy) is 8. The van der Waals surface area contributed by atoms with Gasteiger partial charge in [-0.2, -0.15) is 0 Å². The Kier molecular flexibility index (Phi) is 17.5. The van der Waals surface area contributed by atoms with Crippen molar-refractivity contribution in [2.45, 2.75) is 235 Å². The maximum absolute atomic E-state index is 14.8. The topological polar surface area (TPSA) is 394 Å². The molecule has 0 radical (unpaired) electrons. The average molecular weight is 1120 g/mol. The molecule has 4 heterocycles. The van der Waals surface area contributed by atoms with Crippen LogP contribution in [0.25, 0.3) is 0 Å². The fraction of sp³-hybridized carbons (Fsp3) is 0.944. The highest BCUT2D eigenvalue weighted by Crippen LogP contribution is 2.76. The third-order valence-electron chi connectivity index (χ3n) is 21.6. The quantitative estimate of drug-likeness (QED) is 0.0494. The fourth-order valence-electron chi connectivity index (χ4n) is 16.5. The van der Waals surface area contributed by atoms with Gasteiger partial charge in [-0.05, 0) is 104 Å². The van der Waals surface area contributed by atoms with Gasteiger partial charge in [0.1, 0.15) is 97.7 Å². The first-order valence-corrected chi connectivity index (χ1v) is 28.0. The molecule has 15 N–H and O–H groups in total. The molecule has 4 saturated carbocycles. The second kappa shape index (κ2) is 22.4. The Balaban J connectivity index is 1.01. The minimum Gasteiger partial charge on any atom is -0.432 e. The van der Waals surface area contributed by atoms with Crippen LogP contribution in [0, 0.1) is 50.2 Å². The number of esters is 1. The van der Waals surface area contributed by atoms with Crippen LogP contribution in [0.1, 0.15) is 106 Å². The molecule has 0 bridgehead atoms. The number of fused-ring (bicyclic) bond motifs is 7. The van der Waals surface area contributed by atoms with Crippen molar-refractivity contribution in [1.29, 1.82) is 0 Å². The maximum Gasteiger partial charge on any atom is 0.315 e. The molecule has 0 aromatic heterocycles. The molecule has 9 aliphatic rings. The normalized spacial score (nSPS) is 54.1. The number of carbonyl (C=O) groups is 1. The summed E-state index contributed by atoms with van der Waals surface area (Å²) in [6.07, 6.45) is -26.8. The van der Waals surface area contributed by atoms with E-state index in [4.69, 9.17) is 37.9 Å². The second-order valence-corrected chi connectivity index (χ2v) is 26.1. The summed E-state index contributed by atoms with van der Waals surface area (Å²) < 4.78 is 48.7. The number of hydrogen-bond acceptors (Lipinski definition) is 24. The lowest BCUT2D eigenvalue weighted by Gasteiger charge is -2.71.